The molecule has 1 amide bonds. The van der Waals surface area contributed by atoms with Gasteiger partial charge in [-0.1, -0.05) is 30.3 Å². The number of hydrogen-bond acceptors (Lipinski definition) is 4. The van der Waals surface area contributed by atoms with Gasteiger partial charge in [0.25, 0.3) is 0 Å². The van der Waals surface area contributed by atoms with E-state index < -0.39 is 33.9 Å². The molecule has 0 unspecified atom stereocenters. The van der Waals surface area contributed by atoms with Crippen molar-refractivity contribution in [1.82, 2.24) is 9.62 Å². The Kier molecular flexibility index (Phi) is 5.38. The molecule has 1 saturated heterocycles. The topological polar surface area (TPSA) is 104 Å². The van der Waals surface area contributed by atoms with Crippen molar-refractivity contribution in [3.05, 3.63) is 35.9 Å². The number of carbonyl (C=O) groups excluding carboxylic acids is 1. The van der Waals surface area contributed by atoms with E-state index in [0.717, 1.165) is 6.26 Å². The van der Waals surface area contributed by atoms with E-state index in [4.69, 9.17) is 0 Å². The summed E-state index contributed by atoms with van der Waals surface area (Å²) in [5.41, 5.74) is 0.476. The molecule has 1 fully saturated rings. The number of carbonyl (C=O) groups is 2. The number of benzene rings is 1. The lowest BCUT2D eigenvalue weighted by Crippen LogP contribution is -2.46. The van der Waals surface area contributed by atoms with Crippen LogP contribution >= 0.6 is 0 Å². The van der Waals surface area contributed by atoms with Crippen LogP contribution in [0.5, 0.6) is 0 Å². The Bertz CT molecular complexity index is 674. The molecule has 2 rings (SSSR count). The van der Waals surface area contributed by atoms with Gasteiger partial charge in [0.2, 0.25) is 15.9 Å². The van der Waals surface area contributed by atoms with Crippen LogP contribution in [-0.2, 0) is 19.6 Å². The predicted octanol–water partition coefficient (Wildman–Crippen LogP) is 0.600. The Morgan fingerprint density at radius 2 is 1.96 bits per heavy atom. The molecule has 0 radical (unpaired) electrons. The molecular weight excluding hydrogens is 320 g/mol. The second-order valence-electron chi connectivity index (χ2n) is 5.65. The quantitative estimate of drug-likeness (QED) is 0.817. The Morgan fingerprint density at radius 1 is 1.30 bits per heavy atom. The summed E-state index contributed by atoms with van der Waals surface area (Å²) in [6, 6.07) is 7.27. The fourth-order valence-corrected chi connectivity index (χ4v) is 3.56. The van der Waals surface area contributed by atoms with Crippen molar-refractivity contribution in [2.24, 2.45) is 5.92 Å². The number of nitrogens with zero attached hydrogens (tertiary/aromatic N) is 1. The number of carboxylic acids is 1. The summed E-state index contributed by atoms with van der Waals surface area (Å²) >= 11 is 0. The lowest BCUT2D eigenvalue weighted by Gasteiger charge is -2.30. The summed E-state index contributed by atoms with van der Waals surface area (Å²) in [5.74, 6) is -2.13. The van der Waals surface area contributed by atoms with E-state index in [1.54, 1.807) is 30.3 Å². The summed E-state index contributed by atoms with van der Waals surface area (Å²) in [6.07, 6.45) is 2.23. The summed E-state index contributed by atoms with van der Waals surface area (Å²) in [5, 5.41) is 11.8. The number of sulfonamides is 1. The van der Waals surface area contributed by atoms with Crippen molar-refractivity contribution in [3.63, 3.8) is 0 Å². The maximum Gasteiger partial charge on any atom is 0.330 e. The summed E-state index contributed by atoms with van der Waals surface area (Å²) in [4.78, 5) is 23.8. The highest BCUT2D eigenvalue weighted by Crippen LogP contribution is 2.21. The third kappa shape index (κ3) is 4.52. The van der Waals surface area contributed by atoms with E-state index in [1.807, 2.05) is 0 Å². The van der Waals surface area contributed by atoms with Crippen LogP contribution in [0.3, 0.4) is 0 Å². The second-order valence-corrected chi connectivity index (χ2v) is 7.63. The number of carboxylic acid groups (broad SMARTS) is 1. The maximum atomic E-state index is 12.4. The molecule has 1 aliphatic heterocycles. The smallest absolute Gasteiger partial charge is 0.330 e. The highest BCUT2D eigenvalue weighted by atomic mass is 32.2. The lowest BCUT2D eigenvalue weighted by atomic mass is 9.97. The normalized spacial score (nSPS) is 20.7. The van der Waals surface area contributed by atoms with Gasteiger partial charge in [0.1, 0.15) is 0 Å². The first-order chi connectivity index (χ1) is 10.8. The van der Waals surface area contributed by atoms with Crippen molar-refractivity contribution < 1.29 is 23.1 Å². The van der Waals surface area contributed by atoms with Gasteiger partial charge < -0.3 is 10.4 Å². The predicted molar refractivity (Wildman–Crippen MR) is 84.1 cm³/mol. The van der Waals surface area contributed by atoms with E-state index in [-0.39, 0.29) is 6.54 Å². The SMILES string of the molecule is CS(=O)(=O)N1CCC[C@@H](C(=O)N[C@H](C(=O)O)c2ccccc2)C1. The number of piperidine rings is 1. The fraction of sp³-hybridized carbons (Fsp3) is 0.467. The summed E-state index contributed by atoms with van der Waals surface area (Å²) < 4.78 is 24.5. The fourth-order valence-electron chi connectivity index (χ4n) is 2.65. The Morgan fingerprint density at radius 3 is 2.52 bits per heavy atom. The van der Waals surface area contributed by atoms with Crippen LogP contribution in [0.1, 0.15) is 24.4 Å². The van der Waals surface area contributed by atoms with Gasteiger partial charge in [0, 0.05) is 13.1 Å². The van der Waals surface area contributed by atoms with Gasteiger partial charge in [-0.05, 0) is 18.4 Å². The molecule has 2 N–H and O–H groups in total. The Hall–Kier alpha value is -1.93. The van der Waals surface area contributed by atoms with Crippen LogP contribution in [0.25, 0.3) is 0 Å². The van der Waals surface area contributed by atoms with E-state index in [2.05, 4.69) is 5.32 Å². The zero-order chi connectivity index (χ0) is 17.0. The molecule has 7 nitrogen and oxygen atoms in total. The average Bonchev–Trinajstić information content (AvgIpc) is 2.52. The van der Waals surface area contributed by atoms with Gasteiger partial charge in [0.15, 0.2) is 6.04 Å². The third-order valence-electron chi connectivity index (χ3n) is 3.89. The first-order valence-corrected chi connectivity index (χ1v) is 9.17. The van der Waals surface area contributed by atoms with Gasteiger partial charge in [-0.3, -0.25) is 4.79 Å². The average molecular weight is 340 g/mol. The molecule has 0 spiro atoms. The molecule has 0 aromatic heterocycles. The summed E-state index contributed by atoms with van der Waals surface area (Å²) in [6.45, 7) is 0.482. The molecule has 0 bridgehead atoms. The van der Waals surface area contributed by atoms with Gasteiger partial charge in [-0.2, -0.15) is 0 Å². The molecule has 0 saturated carbocycles. The minimum absolute atomic E-state index is 0.0891. The molecular formula is C15H20N2O5S. The number of hydrogen-bond donors (Lipinski definition) is 2. The van der Waals surface area contributed by atoms with Crippen LogP contribution < -0.4 is 5.32 Å². The number of nitrogens with one attached hydrogen (secondary N) is 1. The van der Waals surface area contributed by atoms with Crippen molar-refractivity contribution in [1.29, 1.82) is 0 Å². The molecule has 2 atom stereocenters. The molecule has 126 valence electrons. The Balaban J connectivity index is 2.09. The minimum Gasteiger partial charge on any atom is -0.479 e. The zero-order valence-corrected chi connectivity index (χ0v) is 13.6. The molecule has 1 aromatic rings. The van der Waals surface area contributed by atoms with E-state index in [1.165, 1.54) is 4.31 Å². The first kappa shape index (κ1) is 17.4. The molecule has 23 heavy (non-hydrogen) atoms. The minimum atomic E-state index is -3.35. The van der Waals surface area contributed by atoms with Gasteiger partial charge in [0.05, 0.1) is 12.2 Å². The number of aliphatic carboxylic acids is 1. The van der Waals surface area contributed by atoms with Crippen LogP contribution in [0, 0.1) is 5.92 Å². The van der Waals surface area contributed by atoms with Crippen LogP contribution in [0.4, 0.5) is 0 Å². The zero-order valence-electron chi connectivity index (χ0n) is 12.8. The maximum absolute atomic E-state index is 12.4. The number of amides is 1. The second kappa shape index (κ2) is 7.10. The van der Waals surface area contributed by atoms with Gasteiger partial charge in [-0.25, -0.2) is 17.5 Å². The van der Waals surface area contributed by atoms with Crippen LogP contribution in [0.15, 0.2) is 30.3 Å². The van der Waals surface area contributed by atoms with Crippen molar-refractivity contribution in [2.75, 3.05) is 19.3 Å². The molecule has 0 aliphatic carbocycles. The summed E-state index contributed by atoms with van der Waals surface area (Å²) in [7, 11) is -3.35. The molecule has 1 aromatic carbocycles. The van der Waals surface area contributed by atoms with Gasteiger partial charge >= 0.3 is 5.97 Å². The largest absolute Gasteiger partial charge is 0.479 e. The standard InChI is InChI=1S/C15H20N2O5S/c1-23(21,22)17-9-5-8-12(10-17)14(18)16-13(15(19)20)11-6-3-2-4-7-11/h2-4,6-7,12-13H,5,8-10H2,1H3,(H,16,18)(H,19,20)/t12-,13+/m1/s1. The van der Waals surface area contributed by atoms with E-state index in [0.29, 0.717) is 24.9 Å². The van der Waals surface area contributed by atoms with Crippen molar-refractivity contribution >= 4 is 21.9 Å². The van der Waals surface area contributed by atoms with Gasteiger partial charge in [-0.15, -0.1) is 0 Å². The van der Waals surface area contributed by atoms with Crippen molar-refractivity contribution in [3.8, 4) is 0 Å². The molecule has 1 aliphatic rings. The number of rotatable bonds is 5. The highest BCUT2D eigenvalue weighted by molar-refractivity contribution is 7.88. The van der Waals surface area contributed by atoms with Crippen molar-refractivity contribution in [2.45, 2.75) is 18.9 Å². The first-order valence-electron chi connectivity index (χ1n) is 7.32. The molecule has 1 heterocycles. The Labute approximate surface area is 135 Å². The monoisotopic (exact) mass is 340 g/mol. The van der Waals surface area contributed by atoms with E-state index in [9.17, 15) is 23.1 Å². The van der Waals surface area contributed by atoms with Crippen LogP contribution in [0.2, 0.25) is 0 Å². The third-order valence-corrected chi connectivity index (χ3v) is 5.16. The van der Waals surface area contributed by atoms with Crippen LogP contribution in [-0.4, -0.2) is 49.1 Å². The lowest BCUT2D eigenvalue weighted by molar-refractivity contribution is -0.143. The highest BCUT2D eigenvalue weighted by Gasteiger charge is 2.32. The van der Waals surface area contributed by atoms with E-state index >= 15 is 0 Å². The molecule has 8 heteroatoms.